The molecule has 0 radical (unpaired) electrons. The van der Waals surface area contributed by atoms with Crippen molar-refractivity contribution in [3.05, 3.63) is 29.8 Å². The molecule has 1 aliphatic rings. The zero-order valence-electron chi connectivity index (χ0n) is 21.6. The highest BCUT2D eigenvalue weighted by atomic mass is 32.2. The van der Waals surface area contributed by atoms with Crippen LogP contribution in [0, 0.1) is 5.41 Å². The molecule has 2 N–H and O–H groups in total. The molecule has 1 aromatic carbocycles. The van der Waals surface area contributed by atoms with E-state index in [2.05, 4.69) is 5.32 Å². The lowest BCUT2D eigenvalue weighted by Gasteiger charge is -2.28. The summed E-state index contributed by atoms with van der Waals surface area (Å²) in [7, 11) is -3.93. The number of aliphatic hydroxyl groups excluding tert-OH is 1. The molecule has 0 aromatic heterocycles. The number of para-hydroxylation sites is 1. The standard InChI is InChI=1S/C25H37NO10S/c1-18(27)26-14-9-15-37(31,32)34-17-25(2,3)22(28)23(29)33-16-19-10-7-8-13-21(19)36-24(30)35-20-11-5-4-6-12-20/h7-8,10,13,20,22,28H,4-6,9,11-12,14-17H2,1-3H3,(H,26,27)/t22-/m0/s1. The number of ether oxygens (including phenoxy) is 3. The maximum absolute atomic E-state index is 12.5. The molecular formula is C25H37NO10S. The first kappa shape index (κ1) is 30.5. The van der Waals surface area contributed by atoms with E-state index in [-0.39, 0.29) is 43.1 Å². The van der Waals surface area contributed by atoms with E-state index in [9.17, 15) is 27.9 Å². The summed E-state index contributed by atoms with van der Waals surface area (Å²) in [4.78, 5) is 35.6. The van der Waals surface area contributed by atoms with Gasteiger partial charge in [-0.1, -0.05) is 38.5 Å². The molecule has 1 aliphatic carbocycles. The number of carbonyl (C=O) groups excluding carboxylic acids is 3. The minimum atomic E-state index is -3.93. The molecule has 1 fully saturated rings. The summed E-state index contributed by atoms with van der Waals surface area (Å²) in [6.07, 6.45) is 2.17. The Kier molecular flexibility index (Phi) is 11.8. The Hall–Kier alpha value is -2.70. The maximum atomic E-state index is 12.5. The van der Waals surface area contributed by atoms with Crippen molar-refractivity contribution >= 4 is 28.1 Å². The van der Waals surface area contributed by atoms with Crippen molar-refractivity contribution in [3.63, 3.8) is 0 Å². The quantitative estimate of drug-likeness (QED) is 0.164. The summed E-state index contributed by atoms with van der Waals surface area (Å²) in [6, 6.07) is 6.47. The van der Waals surface area contributed by atoms with Gasteiger partial charge in [-0.05, 0) is 38.2 Å². The van der Waals surface area contributed by atoms with Crippen molar-refractivity contribution in [2.45, 2.75) is 78.1 Å². The fourth-order valence-corrected chi connectivity index (χ4v) is 4.69. The lowest BCUT2D eigenvalue weighted by Crippen LogP contribution is -2.41. The van der Waals surface area contributed by atoms with E-state index < -0.39 is 40.4 Å². The van der Waals surface area contributed by atoms with Gasteiger partial charge in [-0.3, -0.25) is 8.98 Å². The molecule has 0 unspecified atom stereocenters. The van der Waals surface area contributed by atoms with Gasteiger partial charge in [0.2, 0.25) is 5.91 Å². The van der Waals surface area contributed by atoms with Crippen LogP contribution in [0.15, 0.2) is 24.3 Å². The number of rotatable bonds is 13. The molecule has 11 nitrogen and oxygen atoms in total. The Labute approximate surface area is 217 Å². The summed E-state index contributed by atoms with van der Waals surface area (Å²) in [5.74, 6) is -1.42. The third-order valence-corrected chi connectivity index (χ3v) is 7.14. The lowest BCUT2D eigenvalue weighted by molar-refractivity contribution is -0.162. The second kappa shape index (κ2) is 14.3. The molecule has 2 rings (SSSR count). The van der Waals surface area contributed by atoms with Crippen LogP contribution in [-0.4, -0.2) is 62.7 Å². The summed E-state index contributed by atoms with van der Waals surface area (Å²) in [5, 5.41) is 13.0. The fraction of sp³-hybridized carbons (Fsp3) is 0.640. The summed E-state index contributed by atoms with van der Waals surface area (Å²) >= 11 is 0. The minimum absolute atomic E-state index is 0.155. The van der Waals surface area contributed by atoms with Crippen molar-refractivity contribution in [2.24, 2.45) is 5.41 Å². The lowest BCUT2D eigenvalue weighted by atomic mass is 9.88. The summed E-state index contributed by atoms with van der Waals surface area (Å²) in [6.45, 7) is 3.68. The predicted molar refractivity (Wildman–Crippen MR) is 133 cm³/mol. The van der Waals surface area contributed by atoms with Crippen LogP contribution >= 0.6 is 0 Å². The molecule has 12 heteroatoms. The van der Waals surface area contributed by atoms with Crippen molar-refractivity contribution in [2.75, 3.05) is 18.9 Å². The molecule has 37 heavy (non-hydrogen) atoms. The van der Waals surface area contributed by atoms with Crippen LogP contribution < -0.4 is 10.1 Å². The number of aliphatic hydroxyl groups is 1. The van der Waals surface area contributed by atoms with Crippen LogP contribution in [0.5, 0.6) is 5.75 Å². The second-order valence-electron chi connectivity index (χ2n) is 9.70. The Morgan fingerprint density at radius 3 is 2.49 bits per heavy atom. The Morgan fingerprint density at radius 1 is 1.14 bits per heavy atom. The van der Waals surface area contributed by atoms with Crippen LogP contribution in [0.3, 0.4) is 0 Å². The van der Waals surface area contributed by atoms with Crippen LogP contribution in [0.25, 0.3) is 0 Å². The van der Waals surface area contributed by atoms with Crippen molar-refractivity contribution in [3.8, 4) is 5.75 Å². The number of hydrogen-bond donors (Lipinski definition) is 2. The van der Waals surface area contributed by atoms with Crippen LogP contribution in [0.4, 0.5) is 4.79 Å². The average molecular weight is 544 g/mol. The topological polar surface area (TPSA) is 155 Å². The van der Waals surface area contributed by atoms with E-state index in [1.165, 1.54) is 26.8 Å². The van der Waals surface area contributed by atoms with Crippen LogP contribution in [0.2, 0.25) is 0 Å². The third kappa shape index (κ3) is 11.1. The van der Waals surface area contributed by atoms with E-state index >= 15 is 0 Å². The average Bonchev–Trinajstić information content (AvgIpc) is 2.85. The number of hydrogen-bond acceptors (Lipinski definition) is 10. The highest BCUT2D eigenvalue weighted by Crippen LogP contribution is 2.26. The molecule has 1 atom stereocenters. The van der Waals surface area contributed by atoms with E-state index in [1.54, 1.807) is 18.2 Å². The van der Waals surface area contributed by atoms with Gasteiger partial charge in [0, 0.05) is 24.4 Å². The number of amides is 1. The summed E-state index contributed by atoms with van der Waals surface area (Å²) in [5.41, 5.74) is -0.902. The smallest absolute Gasteiger partial charge is 0.459 e. The first-order valence-electron chi connectivity index (χ1n) is 12.3. The highest BCUT2D eigenvalue weighted by molar-refractivity contribution is 7.86. The molecular weight excluding hydrogens is 506 g/mol. The van der Waals surface area contributed by atoms with E-state index in [1.807, 2.05) is 0 Å². The van der Waals surface area contributed by atoms with Gasteiger partial charge < -0.3 is 24.6 Å². The van der Waals surface area contributed by atoms with E-state index in [4.69, 9.17) is 18.4 Å². The van der Waals surface area contributed by atoms with Crippen molar-refractivity contribution < 1.29 is 46.3 Å². The Morgan fingerprint density at radius 2 is 1.81 bits per heavy atom. The Bertz CT molecular complexity index is 1020. The molecule has 1 aromatic rings. The number of benzene rings is 1. The normalized spacial score (nSPS) is 15.5. The molecule has 0 aliphatic heterocycles. The molecule has 1 amide bonds. The van der Waals surface area contributed by atoms with Gasteiger partial charge in [-0.2, -0.15) is 8.42 Å². The van der Waals surface area contributed by atoms with Gasteiger partial charge in [-0.25, -0.2) is 9.59 Å². The Balaban J connectivity index is 1.86. The van der Waals surface area contributed by atoms with Gasteiger partial charge in [0.25, 0.3) is 10.1 Å². The number of carbonyl (C=O) groups is 3. The third-order valence-electron chi connectivity index (χ3n) is 5.87. The molecule has 0 bridgehead atoms. The summed E-state index contributed by atoms with van der Waals surface area (Å²) < 4.78 is 45.1. The van der Waals surface area contributed by atoms with Crippen molar-refractivity contribution in [1.82, 2.24) is 5.32 Å². The second-order valence-corrected chi connectivity index (χ2v) is 11.5. The SMILES string of the molecule is CC(=O)NCCCS(=O)(=O)OCC(C)(C)[C@@H](O)C(=O)OCc1ccccc1OC(=O)OC1CCCCC1. The number of nitrogens with one attached hydrogen (secondary N) is 1. The fourth-order valence-electron chi connectivity index (χ4n) is 3.60. The van der Waals surface area contributed by atoms with E-state index in [0.717, 1.165) is 32.1 Å². The monoisotopic (exact) mass is 543 g/mol. The molecule has 208 valence electrons. The molecule has 0 saturated heterocycles. The minimum Gasteiger partial charge on any atom is -0.459 e. The van der Waals surface area contributed by atoms with Gasteiger partial charge >= 0.3 is 12.1 Å². The van der Waals surface area contributed by atoms with E-state index in [0.29, 0.717) is 5.56 Å². The first-order valence-corrected chi connectivity index (χ1v) is 13.9. The van der Waals surface area contributed by atoms with Crippen LogP contribution in [0.1, 0.15) is 64.9 Å². The van der Waals surface area contributed by atoms with Gasteiger partial charge in [0.15, 0.2) is 6.10 Å². The largest absolute Gasteiger partial charge is 0.514 e. The zero-order valence-corrected chi connectivity index (χ0v) is 22.4. The predicted octanol–water partition coefficient (Wildman–Crippen LogP) is 2.84. The first-order chi connectivity index (χ1) is 17.4. The van der Waals surface area contributed by atoms with Crippen molar-refractivity contribution in [1.29, 1.82) is 0 Å². The van der Waals surface area contributed by atoms with Gasteiger partial charge in [0.05, 0.1) is 12.4 Å². The maximum Gasteiger partial charge on any atom is 0.514 e. The molecule has 1 saturated carbocycles. The van der Waals surface area contributed by atoms with Gasteiger partial charge in [0.1, 0.15) is 18.5 Å². The van der Waals surface area contributed by atoms with Gasteiger partial charge in [-0.15, -0.1) is 0 Å². The molecule has 0 spiro atoms. The number of esters is 1. The van der Waals surface area contributed by atoms with Crippen LogP contribution in [-0.2, 0) is 40.0 Å². The zero-order chi connectivity index (χ0) is 27.5. The molecule has 0 heterocycles. The highest BCUT2D eigenvalue weighted by Gasteiger charge is 2.36.